The maximum absolute atomic E-state index is 13.8. The summed E-state index contributed by atoms with van der Waals surface area (Å²) in [5, 5.41) is 9.06. The predicted molar refractivity (Wildman–Crippen MR) is 107 cm³/mol. The Morgan fingerprint density at radius 3 is 2.45 bits per heavy atom. The highest BCUT2D eigenvalue weighted by Gasteiger charge is 2.22. The van der Waals surface area contributed by atoms with Gasteiger partial charge >= 0.3 is 5.97 Å². The van der Waals surface area contributed by atoms with E-state index in [4.69, 9.17) is 20.3 Å². The van der Waals surface area contributed by atoms with Gasteiger partial charge in [-0.2, -0.15) is 0 Å². The summed E-state index contributed by atoms with van der Waals surface area (Å²) in [6.45, 7) is 0.117. The lowest BCUT2D eigenvalue weighted by Gasteiger charge is -2.23. The third-order valence-electron chi connectivity index (χ3n) is 4.35. The van der Waals surface area contributed by atoms with Crippen molar-refractivity contribution in [2.24, 2.45) is 5.73 Å². The van der Waals surface area contributed by atoms with Gasteiger partial charge in [-0.3, -0.25) is 4.79 Å². The van der Waals surface area contributed by atoms with Crippen molar-refractivity contribution in [3.8, 4) is 5.75 Å². The molecule has 0 spiro atoms. The zero-order chi connectivity index (χ0) is 20.6. The van der Waals surface area contributed by atoms with Crippen molar-refractivity contribution in [1.29, 1.82) is 0 Å². The molecule has 0 unspecified atom stereocenters. The third kappa shape index (κ3) is 5.63. The minimum atomic E-state index is -1.19. The van der Waals surface area contributed by atoms with Gasteiger partial charge in [0.2, 0.25) is 0 Å². The molecule has 3 N–H and O–H groups in total. The smallest absolute Gasteiger partial charge is 0.322 e. The van der Waals surface area contributed by atoms with Crippen LogP contribution in [0.25, 0.3) is 0 Å². The molecule has 0 heterocycles. The maximum atomic E-state index is 13.8. The molecule has 0 saturated heterocycles. The molecule has 0 fully saturated rings. The lowest BCUT2D eigenvalue weighted by Crippen LogP contribution is -2.35. The molecule has 0 aromatic heterocycles. The van der Waals surface area contributed by atoms with E-state index in [1.807, 2.05) is 48.5 Å². The second-order valence-corrected chi connectivity index (χ2v) is 6.53. The summed E-state index contributed by atoms with van der Waals surface area (Å²) in [7, 11) is 0. The fourth-order valence-corrected chi connectivity index (χ4v) is 2.87. The van der Waals surface area contributed by atoms with Crippen molar-refractivity contribution in [2.75, 3.05) is 6.61 Å². The first-order chi connectivity index (χ1) is 14.0. The molecule has 3 rings (SSSR count). The van der Waals surface area contributed by atoms with Gasteiger partial charge in [0.15, 0.2) is 0 Å². The highest BCUT2D eigenvalue weighted by atomic mass is 19.1. The number of hydrogen-bond donors (Lipinski definition) is 2. The van der Waals surface area contributed by atoms with E-state index in [0.717, 1.165) is 5.56 Å². The van der Waals surface area contributed by atoms with Crippen molar-refractivity contribution < 1.29 is 23.8 Å². The molecule has 2 atom stereocenters. The number of carbonyl (C=O) groups is 1. The van der Waals surface area contributed by atoms with Gasteiger partial charge in [-0.25, -0.2) is 4.39 Å². The van der Waals surface area contributed by atoms with E-state index in [2.05, 4.69) is 0 Å². The van der Waals surface area contributed by atoms with Gasteiger partial charge in [0, 0.05) is 5.56 Å². The lowest BCUT2D eigenvalue weighted by atomic mass is 10.00. The number of benzene rings is 3. The summed E-state index contributed by atoms with van der Waals surface area (Å²) in [5.41, 5.74) is 7.79. The minimum Gasteiger partial charge on any atom is -0.489 e. The number of para-hydroxylation sites is 1. The normalized spacial score (nSPS) is 12.9. The van der Waals surface area contributed by atoms with Crippen molar-refractivity contribution in [3.63, 3.8) is 0 Å². The zero-order valence-electron chi connectivity index (χ0n) is 15.7. The average molecular weight is 395 g/mol. The molecule has 0 saturated carbocycles. The highest BCUT2D eigenvalue weighted by Crippen LogP contribution is 2.33. The fourth-order valence-electron chi connectivity index (χ4n) is 2.87. The van der Waals surface area contributed by atoms with Gasteiger partial charge in [-0.05, 0) is 29.3 Å². The largest absolute Gasteiger partial charge is 0.489 e. The van der Waals surface area contributed by atoms with Crippen LogP contribution in [-0.4, -0.2) is 23.7 Å². The van der Waals surface area contributed by atoms with Crippen molar-refractivity contribution in [2.45, 2.75) is 18.8 Å². The van der Waals surface area contributed by atoms with E-state index in [9.17, 15) is 9.18 Å². The van der Waals surface area contributed by atoms with Crippen LogP contribution < -0.4 is 10.5 Å². The maximum Gasteiger partial charge on any atom is 0.322 e. The molecule has 3 aromatic rings. The topological polar surface area (TPSA) is 81.8 Å². The predicted octanol–water partition coefficient (Wildman–Crippen LogP) is 3.92. The molecule has 0 amide bonds. The first-order valence-corrected chi connectivity index (χ1v) is 9.15. The number of nitrogens with two attached hydrogens (primary N) is 1. The molecule has 6 heteroatoms. The highest BCUT2D eigenvalue weighted by molar-refractivity contribution is 5.73. The van der Waals surface area contributed by atoms with Crippen molar-refractivity contribution in [1.82, 2.24) is 0 Å². The Morgan fingerprint density at radius 2 is 1.72 bits per heavy atom. The van der Waals surface area contributed by atoms with Crippen LogP contribution in [0, 0.1) is 5.82 Å². The quantitative estimate of drug-likeness (QED) is 0.574. The van der Waals surface area contributed by atoms with Gasteiger partial charge < -0.3 is 20.3 Å². The SMILES string of the molecule is N[C@@H](CO[C@@H](c1cccc(F)c1)c1ccccc1OCc1ccccc1)C(=O)O. The Hall–Kier alpha value is -3.22. The number of carboxylic acid groups (broad SMARTS) is 1. The Morgan fingerprint density at radius 1 is 1.00 bits per heavy atom. The molecule has 0 aliphatic carbocycles. The molecule has 0 bridgehead atoms. The second kappa shape index (κ2) is 9.82. The zero-order valence-corrected chi connectivity index (χ0v) is 15.7. The van der Waals surface area contributed by atoms with E-state index in [1.54, 1.807) is 18.2 Å². The summed E-state index contributed by atoms with van der Waals surface area (Å²) in [6.07, 6.45) is -0.733. The molecule has 3 aromatic carbocycles. The van der Waals surface area contributed by atoms with Crippen LogP contribution in [0.3, 0.4) is 0 Å². The van der Waals surface area contributed by atoms with Crippen LogP contribution in [-0.2, 0) is 16.1 Å². The number of halogens is 1. The van der Waals surface area contributed by atoms with Crippen LogP contribution in [0.15, 0.2) is 78.9 Å². The van der Waals surface area contributed by atoms with Crippen LogP contribution in [0.1, 0.15) is 22.8 Å². The molecule has 0 radical (unpaired) electrons. The Bertz CT molecular complexity index is 948. The number of ether oxygens (including phenoxy) is 2. The Balaban J connectivity index is 1.89. The number of carboxylic acids is 1. The van der Waals surface area contributed by atoms with Gasteiger partial charge in [-0.1, -0.05) is 60.7 Å². The Kier molecular flexibility index (Phi) is 6.94. The Labute approximate surface area is 168 Å². The fraction of sp³-hybridized carbons (Fsp3) is 0.174. The van der Waals surface area contributed by atoms with E-state index >= 15 is 0 Å². The molecule has 5 nitrogen and oxygen atoms in total. The van der Waals surface area contributed by atoms with Gasteiger partial charge in [-0.15, -0.1) is 0 Å². The van der Waals surface area contributed by atoms with E-state index in [1.165, 1.54) is 12.1 Å². The summed E-state index contributed by atoms with van der Waals surface area (Å²) < 4.78 is 25.7. The summed E-state index contributed by atoms with van der Waals surface area (Å²) in [4.78, 5) is 11.1. The van der Waals surface area contributed by atoms with Crippen molar-refractivity contribution >= 4 is 5.97 Å². The second-order valence-electron chi connectivity index (χ2n) is 6.53. The molecular formula is C23H22FNO4. The van der Waals surface area contributed by atoms with Crippen LogP contribution in [0.4, 0.5) is 4.39 Å². The summed E-state index contributed by atoms with van der Waals surface area (Å²) in [5.74, 6) is -1.02. The van der Waals surface area contributed by atoms with Crippen molar-refractivity contribution in [3.05, 3.63) is 101 Å². The van der Waals surface area contributed by atoms with E-state index in [0.29, 0.717) is 23.5 Å². The van der Waals surface area contributed by atoms with Crippen LogP contribution >= 0.6 is 0 Å². The number of aliphatic carboxylic acids is 1. The van der Waals surface area contributed by atoms with Crippen LogP contribution in [0.2, 0.25) is 0 Å². The summed E-state index contributed by atoms with van der Waals surface area (Å²) >= 11 is 0. The first-order valence-electron chi connectivity index (χ1n) is 9.15. The van der Waals surface area contributed by atoms with Crippen LogP contribution in [0.5, 0.6) is 5.75 Å². The van der Waals surface area contributed by atoms with Gasteiger partial charge in [0.1, 0.15) is 30.3 Å². The van der Waals surface area contributed by atoms with E-state index in [-0.39, 0.29) is 6.61 Å². The number of hydrogen-bond acceptors (Lipinski definition) is 4. The molecular weight excluding hydrogens is 373 g/mol. The lowest BCUT2D eigenvalue weighted by molar-refractivity contribution is -0.140. The summed E-state index contributed by atoms with van der Waals surface area (Å²) in [6, 6.07) is 21.7. The number of rotatable bonds is 9. The third-order valence-corrected chi connectivity index (χ3v) is 4.35. The minimum absolute atomic E-state index is 0.233. The van der Waals surface area contributed by atoms with Gasteiger partial charge in [0.05, 0.1) is 6.61 Å². The molecule has 0 aliphatic heterocycles. The van der Waals surface area contributed by atoms with Gasteiger partial charge in [0.25, 0.3) is 0 Å². The molecule has 0 aliphatic rings. The standard InChI is InChI=1S/C23H22FNO4/c24-18-10-6-9-17(13-18)22(29-15-20(25)23(26)27)19-11-4-5-12-21(19)28-14-16-7-2-1-3-8-16/h1-13,20,22H,14-15,25H2,(H,26,27)/t20-,22-/m0/s1. The first kappa shape index (κ1) is 20.5. The molecule has 29 heavy (non-hydrogen) atoms. The molecule has 150 valence electrons. The van der Waals surface area contributed by atoms with E-state index < -0.39 is 23.9 Å². The average Bonchev–Trinajstić information content (AvgIpc) is 2.73. The monoisotopic (exact) mass is 395 g/mol.